The second-order valence-corrected chi connectivity index (χ2v) is 18.3. The van der Waals surface area contributed by atoms with Crippen LogP contribution in [0.3, 0.4) is 0 Å². The number of halogens is 1. The van der Waals surface area contributed by atoms with Gasteiger partial charge in [0.15, 0.2) is 5.65 Å². The molecule has 5 N–H and O–H groups in total. The van der Waals surface area contributed by atoms with Crippen LogP contribution in [0.15, 0.2) is 54.9 Å². The number of amides is 5. The van der Waals surface area contributed by atoms with Crippen molar-refractivity contribution < 1.29 is 47.3 Å². The van der Waals surface area contributed by atoms with Crippen LogP contribution in [-0.2, 0) is 41.6 Å². The first-order chi connectivity index (χ1) is 32.3. The number of fused-ring (bicyclic) bond motifs is 3. The van der Waals surface area contributed by atoms with Crippen molar-refractivity contribution in [1.82, 2.24) is 39.9 Å². The van der Waals surface area contributed by atoms with Gasteiger partial charge in [-0.1, -0.05) is 26.8 Å². The molecule has 368 valence electrons. The largest absolute Gasteiger partial charge is 0.491 e. The molecule has 6 rings (SSSR count). The Morgan fingerprint density at radius 3 is 2.49 bits per heavy atom. The molecule has 68 heavy (non-hydrogen) atoms. The second-order valence-electron chi connectivity index (χ2n) is 18.3. The number of carbonyl (C=O) groups excluding carboxylic acids is 5. The Labute approximate surface area is 396 Å². The van der Waals surface area contributed by atoms with Gasteiger partial charge in [0.2, 0.25) is 23.6 Å². The minimum atomic E-state index is -0.901. The average molecular weight is 945 g/mol. The predicted molar refractivity (Wildman–Crippen MR) is 250 cm³/mol. The van der Waals surface area contributed by atoms with E-state index in [-0.39, 0.29) is 95.8 Å². The Morgan fingerprint density at radius 2 is 1.76 bits per heavy atom. The van der Waals surface area contributed by atoms with Crippen LogP contribution in [0.4, 0.5) is 10.2 Å². The van der Waals surface area contributed by atoms with E-state index in [9.17, 15) is 28.4 Å². The number of anilines is 1. The quantitative estimate of drug-likeness (QED) is 0.105. The molecule has 19 nitrogen and oxygen atoms in total. The van der Waals surface area contributed by atoms with Crippen LogP contribution in [0, 0.1) is 11.2 Å². The lowest BCUT2D eigenvalue weighted by atomic mass is 9.84. The summed E-state index contributed by atoms with van der Waals surface area (Å²) in [6.07, 6.45) is 3.04. The highest BCUT2D eigenvalue weighted by Gasteiger charge is 2.42. The van der Waals surface area contributed by atoms with Gasteiger partial charge in [0.1, 0.15) is 53.5 Å². The fourth-order valence-corrected chi connectivity index (χ4v) is 8.01. The number of ether oxygens (including phenoxy) is 4. The lowest BCUT2D eigenvalue weighted by Gasteiger charge is -2.40. The first kappa shape index (κ1) is 51.0. The molecule has 5 amide bonds. The summed E-state index contributed by atoms with van der Waals surface area (Å²) >= 11 is 0. The molecule has 0 saturated carbocycles. The lowest BCUT2D eigenvalue weighted by Crippen LogP contribution is -2.61. The van der Waals surface area contributed by atoms with Crippen molar-refractivity contribution >= 4 is 41.0 Å². The minimum Gasteiger partial charge on any atom is -0.491 e. The average Bonchev–Trinajstić information content (AvgIpc) is 3.73. The summed E-state index contributed by atoms with van der Waals surface area (Å²) in [5.74, 6) is -0.724. The van der Waals surface area contributed by atoms with E-state index in [2.05, 4.69) is 26.0 Å². The van der Waals surface area contributed by atoms with Crippen molar-refractivity contribution in [3.8, 4) is 11.5 Å². The van der Waals surface area contributed by atoms with Crippen LogP contribution in [0.2, 0.25) is 0 Å². The highest BCUT2D eigenvalue weighted by molar-refractivity contribution is 6.00. The Kier molecular flexibility index (Phi) is 17.0. The molecule has 0 saturated heterocycles. The second kappa shape index (κ2) is 22.6. The highest BCUT2D eigenvalue weighted by Crippen LogP contribution is 2.32. The summed E-state index contributed by atoms with van der Waals surface area (Å²) in [5, 5.41) is 13.4. The molecule has 0 fully saturated rings. The maximum atomic E-state index is 14.4. The molecule has 2 aliphatic heterocycles. The fraction of sp³-hybridized carbons (Fsp3) is 0.521. The zero-order chi connectivity index (χ0) is 49.3. The molecule has 0 spiro atoms. The van der Waals surface area contributed by atoms with E-state index < -0.39 is 47.3 Å². The SMILES string of the molecule is CN[C@H](C)C(=O)N[C@@H](C(=O)N1Cc2cc(OCCOCCOCCC(=O)N(C)CCN3C[C@H](C)Oc4ccc(F)cc4[C@H](C)Nc4ccn5ncc(c5n4)C3=O)ccc2C[C@@H]1C(N)=O)C(C)(C)C. The van der Waals surface area contributed by atoms with Gasteiger partial charge in [0, 0.05) is 44.9 Å². The molecular weight excluding hydrogens is 880 g/mol. The summed E-state index contributed by atoms with van der Waals surface area (Å²) in [5.41, 5.74) is 8.07. The number of hydrogen-bond acceptors (Lipinski definition) is 13. The van der Waals surface area contributed by atoms with Gasteiger partial charge in [-0.25, -0.2) is 13.9 Å². The molecule has 0 aliphatic carbocycles. The van der Waals surface area contributed by atoms with Crippen LogP contribution < -0.4 is 31.2 Å². The summed E-state index contributed by atoms with van der Waals surface area (Å²) in [7, 11) is 3.33. The van der Waals surface area contributed by atoms with Crippen LogP contribution in [0.5, 0.6) is 11.5 Å². The third kappa shape index (κ3) is 12.8. The Balaban J connectivity index is 0.940. The zero-order valence-electron chi connectivity index (χ0n) is 40.2. The molecule has 4 aromatic rings. The van der Waals surface area contributed by atoms with Crippen molar-refractivity contribution in [2.45, 2.75) is 91.2 Å². The number of nitrogens with zero attached hydrogens (tertiary/aromatic N) is 6. The molecule has 4 heterocycles. The van der Waals surface area contributed by atoms with Crippen molar-refractivity contribution in [3.05, 3.63) is 82.9 Å². The highest BCUT2D eigenvalue weighted by atomic mass is 19.1. The lowest BCUT2D eigenvalue weighted by molar-refractivity contribution is -0.146. The molecule has 2 aromatic heterocycles. The normalized spacial score (nSPS) is 18.2. The monoisotopic (exact) mass is 944 g/mol. The molecule has 0 radical (unpaired) electrons. The number of carbonyl (C=O) groups is 5. The number of nitrogens with two attached hydrogens (primary N) is 1. The van der Waals surface area contributed by atoms with E-state index in [1.807, 2.05) is 46.8 Å². The van der Waals surface area contributed by atoms with Gasteiger partial charge in [-0.3, -0.25) is 24.0 Å². The van der Waals surface area contributed by atoms with Gasteiger partial charge in [0.25, 0.3) is 5.91 Å². The number of aromatic nitrogens is 3. The summed E-state index contributed by atoms with van der Waals surface area (Å²) in [6, 6.07) is 8.88. The van der Waals surface area contributed by atoms with Gasteiger partial charge in [0.05, 0.1) is 57.7 Å². The van der Waals surface area contributed by atoms with Crippen molar-refractivity contribution in [1.29, 1.82) is 0 Å². The third-order valence-electron chi connectivity index (χ3n) is 12.1. The van der Waals surface area contributed by atoms with Gasteiger partial charge in [-0.2, -0.15) is 5.10 Å². The maximum Gasteiger partial charge on any atom is 0.259 e. The van der Waals surface area contributed by atoms with E-state index in [0.717, 1.165) is 11.1 Å². The zero-order valence-corrected chi connectivity index (χ0v) is 40.2. The van der Waals surface area contributed by atoms with E-state index in [4.69, 9.17) is 24.7 Å². The maximum absolute atomic E-state index is 14.4. The molecule has 2 aliphatic rings. The van der Waals surface area contributed by atoms with Gasteiger partial charge < -0.3 is 55.3 Å². The van der Waals surface area contributed by atoms with Crippen molar-refractivity contribution in [2.24, 2.45) is 11.1 Å². The van der Waals surface area contributed by atoms with Crippen molar-refractivity contribution in [3.63, 3.8) is 0 Å². The molecule has 5 atom stereocenters. The number of primary amides is 1. The van der Waals surface area contributed by atoms with E-state index in [1.165, 1.54) is 27.7 Å². The van der Waals surface area contributed by atoms with E-state index in [0.29, 0.717) is 34.1 Å². The van der Waals surface area contributed by atoms with Gasteiger partial charge >= 0.3 is 0 Å². The molecular formula is C48H65FN10O9. The number of benzene rings is 2. The van der Waals surface area contributed by atoms with Crippen LogP contribution in [0.25, 0.3) is 5.65 Å². The van der Waals surface area contributed by atoms with Gasteiger partial charge in [-0.05, 0) is 80.8 Å². The summed E-state index contributed by atoms with van der Waals surface area (Å²) < 4.78 is 39.5. The fourth-order valence-electron chi connectivity index (χ4n) is 8.01. The number of likely N-dealkylation sites (N-methyl/N-ethyl adjacent to an activating group) is 2. The minimum absolute atomic E-state index is 0.114. The topological polar surface area (TPSA) is 224 Å². The first-order valence-electron chi connectivity index (χ1n) is 22.9. The molecule has 0 unspecified atom stereocenters. The third-order valence-corrected chi connectivity index (χ3v) is 12.1. The van der Waals surface area contributed by atoms with Crippen LogP contribution in [0.1, 0.15) is 81.1 Å². The number of nitrogens with one attached hydrogen (secondary N) is 3. The van der Waals surface area contributed by atoms with Gasteiger partial charge in [-0.15, -0.1) is 0 Å². The van der Waals surface area contributed by atoms with E-state index in [1.54, 1.807) is 55.2 Å². The Bertz CT molecular complexity index is 2440. The van der Waals surface area contributed by atoms with E-state index >= 15 is 0 Å². The molecule has 2 bridgehead atoms. The number of hydrogen-bond donors (Lipinski definition) is 4. The summed E-state index contributed by atoms with van der Waals surface area (Å²) in [4.78, 5) is 75.9. The Morgan fingerprint density at radius 1 is 1.03 bits per heavy atom. The predicted octanol–water partition coefficient (Wildman–Crippen LogP) is 3.10. The number of rotatable bonds is 18. The van der Waals surface area contributed by atoms with Crippen molar-refractivity contribution in [2.75, 3.05) is 72.1 Å². The van der Waals surface area contributed by atoms with Crippen LogP contribution >= 0.6 is 0 Å². The molecule has 2 aromatic carbocycles. The first-order valence-corrected chi connectivity index (χ1v) is 22.9. The summed E-state index contributed by atoms with van der Waals surface area (Å²) in [6.45, 7) is 12.9. The molecule has 20 heteroatoms. The van der Waals surface area contributed by atoms with Crippen LogP contribution in [-0.4, -0.2) is 150 Å². The Hall–Kier alpha value is -6.38. The standard InChI is InChI=1S/C48H65FN10O9/c1-29-27-57(46(63)37-26-52-59-15-13-40(54-44(37)59)53-30(2)36-25-34(49)10-12-39(36)68-29)17-16-56(8)41(60)14-18-65-19-20-66-21-22-67-35-11-9-32-24-38(43(50)61)58(28-33(32)23-35)47(64)42(48(4,5)6)55-45(62)31(3)51-7/h9-13,15,23,25-26,29-31,38,42,51H,14,16-22,24,27-28H2,1-8H3,(H2,50,61)(H,53,54)(H,55,62)/t29-,30-,31+,38+,42-/m0/s1. The smallest absolute Gasteiger partial charge is 0.259 e.